The Morgan fingerprint density at radius 1 is 1.09 bits per heavy atom. The van der Waals surface area contributed by atoms with Gasteiger partial charge in [0.1, 0.15) is 12.4 Å². The Hall–Kier alpha value is -2.37. The predicted octanol–water partition coefficient (Wildman–Crippen LogP) is 7.02. The molecular weight excluding hydrogens is 636 g/mol. The first-order chi connectivity index (χ1) is 16.3. The second-order valence-electron chi connectivity index (χ2n) is 7.35. The van der Waals surface area contributed by atoms with E-state index < -0.39 is 0 Å². The van der Waals surface area contributed by atoms with Crippen molar-refractivity contribution < 1.29 is 23.5 Å². The maximum absolute atomic E-state index is 13.4. The number of carbonyl (C=O) groups is 2. The molecule has 4 rings (SSSR count). The largest absolute Gasteiger partial charge is 0.493 e. The fraction of sp³-hybridized carbons (Fsp3) is 0.120. The molecule has 9 heteroatoms. The Morgan fingerprint density at radius 3 is 2.56 bits per heavy atom. The van der Waals surface area contributed by atoms with E-state index in [1.807, 2.05) is 24.3 Å². The second-order valence-corrected chi connectivity index (χ2v) is 10.4. The number of hydrogen-bond acceptors (Lipinski definition) is 5. The third-order valence-electron chi connectivity index (χ3n) is 4.95. The van der Waals surface area contributed by atoms with Gasteiger partial charge in [-0.25, -0.2) is 4.39 Å². The van der Waals surface area contributed by atoms with Gasteiger partial charge in [-0.3, -0.25) is 14.5 Å². The number of benzene rings is 3. The maximum Gasteiger partial charge on any atom is 0.293 e. The molecule has 2 amide bonds. The van der Waals surface area contributed by atoms with Crippen LogP contribution in [0.25, 0.3) is 6.08 Å². The molecule has 0 spiro atoms. The van der Waals surface area contributed by atoms with Gasteiger partial charge in [0.2, 0.25) is 0 Å². The van der Waals surface area contributed by atoms with Crippen LogP contribution in [0.5, 0.6) is 11.5 Å². The third-order valence-corrected chi connectivity index (χ3v) is 7.16. The quantitative estimate of drug-likeness (QED) is 0.203. The second kappa shape index (κ2) is 10.9. The van der Waals surface area contributed by atoms with Crippen LogP contribution in [0.1, 0.15) is 16.7 Å². The molecule has 0 aliphatic carbocycles. The highest BCUT2D eigenvalue weighted by Gasteiger charge is 2.35. The van der Waals surface area contributed by atoms with Crippen LogP contribution in [0.2, 0.25) is 0 Å². The van der Waals surface area contributed by atoms with Crippen molar-refractivity contribution in [3.8, 4) is 11.5 Å². The summed E-state index contributed by atoms with van der Waals surface area (Å²) in [6, 6.07) is 17.3. The maximum atomic E-state index is 13.4. The van der Waals surface area contributed by atoms with Crippen LogP contribution >= 0.6 is 50.3 Å². The van der Waals surface area contributed by atoms with Crippen LogP contribution < -0.4 is 9.47 Å². The number of nitrogens with zero attached hydrogens (tertiary/aromatic N) is 1. The summed E-state index contributed by atoms with van der Waals surface area (Å²) in [5, 5.41) is -0.309. The first kappa shape index (κ1) is 24.7. The van der Waals surface area contributed by atoms with Crippen molar-refractivity contribution in [2.45, 2.75) is 13.2 Å². The van der Waals surface area contributed by atoms with E-state index in [0.29, 0.717) is 32.0 Å². The van der Waals surface area contributed by atoms with Crippen LogP contribution in [0.15, 0.2) is 70.0 Å². The Morgan fingerprint density at radius 2 is 1.85 bits per heavy atom. The fourth-order valence-corrected chi connectivity index (χ4v) is 5.08. The smallest absolute Gasteiger partial charge is 0.293 e. The van der Waals surface area contributed by atoms with Gasteiger partial charge < -0.3 is 9.47 Å². The summed E-state index contributed by atoms with van der Waals surface area (Å²) in [5.74, 6) is 0.222. The first-order valence-corrected chi connectivity index (χ1v) is 12.8. The summed E-state index contributed by atoms with van der Waals surface area (Å²) in [6.07, 6.45) is 1.66. The molecule has 174 valence electrons. The van der Waals surface area contributed by atoms with E-state index in [1.165, 1.54) is 24.1 Å². The molecular formula is C25H18BrFINO4S. The van der Waals surface area contributed by atoms with Crippen molar-refractivity contribution in [2.24, 2.45) is 0 Å². The summed E-state index contributed by atoms with van der Waals surface area (Å²) >= 11 is 6.60. The van der Waals surface area contributed by atoms with Crippen molar-refractivity contribution in [1.29, 1.82) is 0 Å². The first-order valence-electron chi connectivity index (χ1n) is 10.1. The summed E-state index contributed by atoms with van der Waals surface area (Å²) in [5.41, 5.74) is 2.23. The lowest BCUT2D eigenvalue weighted by Gasteiger charge is -2.14. The average molecular weight is 654 g/mol. The summed E-state index contributed by atoms with van der Waals surface area (Å²) < 4.78 is 26.5. The van der Waals surface area contributed by atoms with E-state index >= 15 is 0 Å². The molecule has 3 aromatic carbocycles. The molecule has 1 heterocycles. The molecule has 0 unspecified atom stereocenters. The van der Waals surface area contributed by atoms with Crippen LogP contribution in [-0.2, 0) is 17.9 Å². The number of methoxy groups -OCH3 is 1. The number of carbonyl (C=O) groups excluding carboxylic acids is 2. The van der Waals surface area contributed by atoms with Crippen LogP contribution in [0.4, 0.5) is 9.18 Å². The highest BCUT2D eigenvalue weighted by Crippen LogP contribution is 2.39. The van der Waals surface area contributed by atoms with E-state index in [-0.39, 0.29) is 30.1 Å². The summed E-state index contributed by atoms with van der Waals surface area (Å²) in [4.78, 5) is 27.0. The van der Waals surface area contributed by atoms with Gasteiger partial charge in [0.15, 0.2) is 11.5 Å². The third kappa shape index (κ3) is 5.81. The molecule has 3 aromatic rings. The average Bonchev–Trinajstić information content (AvgIpc) is 3.06. The standard InChI is InChI=1S/C25H18BrFINO4S/c1-32-21-11-17(10-20(26)23(21)33-14-16-3-2-4-18(27)9-16)12-22-24(30)29(25(31)34-22)13-15-5-7-19(28)8-6-15/h2-12H,13-14H2,1H3/b22-12-. The number of rotatable bonds is 7. The highest BCUT2D eigenvalue weighted by atomic mass is 127. The number of thioether (sulfide) groups is 1. The van der Waals surface area contributed by atoms with Gasteiger partial charge >= 0.3 is 0 Å². The normalized spacial score (nSPS) is 14.7. The molecule has 0 aromatic heterocycles. The van der Waals surface area contributed by atoms with E-state index in [4.69, 9.17) is 9.47 Å². The van der Waals surface area contributed by atoms with E-state index in [2.05, 4.69) is 38.5 Å². The molecule has 0 radical (unpaired) electrons. The summed E-state index contributed by atoms with van der Waals surface area (Å²) in [6.45, 7) is 0.377. The van der Waals surface area contributed by atoms with E-state index in [9.17, 15) is 14.0 Å². The topological polar surface area (TPSA) is 55.8 Å². The monoisotopic (exact) mass is 653 g/mol. The molecule has 1 saturated heterocycles. The molecule has 34 heavy (non-hydrogen) atoms. The molecule has 1 fully saturated rings. The van der Waals surface area contributed by atoms with Crippen molar-refractivity contribution in [2.75, 3.05) is 7.11 Å². The minimum atomic E-state index is -0.338. The van der Waals surface area contributed by atoms with Gasteiger partial charge in [0.25, 0.3) is 11.1 Å². The molecule has 5 nitrogen and oxygen atoms in total. The minimum Gasteiger partial charge on any atom is -0.493 e. The molecule has 0 bridgehead atoms. The van der Waals surface area contributed by atoms with Crippen molar-refractivity contribution in [1.82, 2.24) is 4.90 Å². The van der Waals surface area contributed by atoms with Crippen molar-refractivity contribution in [3.05, 3.63) is 96.1 Å². The predicted molar refractivity (Wildman–Crippen MR) is 142 cm³/mol. The van der Waals surface area contributed by atoms with Gasteiger partial charge in [-0.05, 0) is 109 Å². The highest BCUT2D eigenvalue weighted by molar-refractivity contribution is 14.1. The Labute approximate surface area is 222 Å². The number of halogens is 3. The van der Waals surface area contributed by atoms with Gasteiger partial charge in [-0.2, -0.15) is 0 Å². The molecule has 1 aliphatic heterocycles. The zero-order chi connectivity index (χ0) is 24.2. The summed E-state index contributed by atoms with van der Waals surface area (Å²) in [7, 11) is 1.51. The number of hydrogen-bond donors (Lipinski definition) is 0. The fourth-order valence-electron chi connectivity index (χ4n) is 3.31. The molecule has 0 saturated carbocycles. The van der Waals surface area contributed by atoms with Gasteiger partial charge in [-0.1, -0.05) is 24.3 Å². The number of amides is 2. The van der Waals surface area contributed by atoms with Gasteiger partial charge in [0, 0.05) is 3.57 Å². The zero-order valence-electron chi connectivity index (χ0n) is 17.9. The lowest BCUT2D eigenvalue weighted by molar-refractivity contribution is -0.123. The molecule has 0 atom stereocenters. The SMILES string of the molecule is COc1cc(/C=C2\SC(=O)N(Cc3ccc(I)cc3)C2=O)cc(Br)c1OCc1cccc(F)c1. The lowest BCUT2D eigenvalue weighted by atomic mass is 10.1. The van der Waals surface area contributed by atoms with Crippen molar-refractivity contribution >= 4 is 67.5 Å². The Balaban J connectivity index is 1.53. The Bertz CT molecular complexity index is 1280. The molecule has 0 N–H and O–H groups in total. The van der Waals surface area contributed by atoms with Crippen LogP contribution in [-0.4, -0.2) is 23.2 Å². The molecule has 1 aliphatic rings. The number of ether oxygens (including phenoxy) is 2. The van der Waals surface area contributed by atoms with E-state index in [0.717, 1.165) is 20.9 Å². The van der Waals surface area contributed by atoms with Crippen LogP contribution in [0, 0.1) is 9.39 Å². The minimum absolute atomic E-state index is 0.156. The number of imide groups is 1. The van der Waals surface area contributed by atoms with Crippen LogP contribution in [0.3, 0.4) is 0 Å². The Kier molecular flexibility index (Phi) is 7.95. The van der Waals surface area contributed by atoms with Gasteiger partial charge in [0.05, 0.1) is 23.0 Å². The van der Waals surface area contributed by atoms with Crippen molar-refractivity contribution in [3.63, 3.8) is 0 Å². The van der Waals surface area contributed by atoms with E-state index in [1.54, 1.807) is 30.3 Å². The van der Waals surface area contributed by atoms with Gasteiger partial charge in [-0.15, -0.1) is 0 Å². The zero-order valence-corrected chi connectivity index (χ0v) is 22.4. The lowest BCUT2D eigenvalue weighted by Crippen LogP contribution is -2.27.